The number of piperazine rings is 1. The Hall–Kier alpha value is -1.96. The molecular weight excluding hydrogens is 418 g/mol. The molecule has 2 fully saturated rings. The highest BCUT2D eigenvalue weighted by Crippen LogP contribution is 2.21. The average molecular weight is 460 g/mol. The minimum atomic E-state index is 0.0200. The fourth-order valence-corrected chi connectivity index (χ4v) is 4.50. The minimum absolute atomic E-state index is 0.0200. The van der Waals surface area contributed by atoms with Gasteiger partial charge in [-0.3, -0.25) is 19.4 Å². The van der Waals surface area contributed by atoms with Gasteiger partial charge in [0.1, 0.15) is 11.5 Å². The number of Topliss-reactive ketones (excluding diaryl/α,β-unsaturated/α-hetero) is 1. The van der Waals surface area contributed by atoms with Gasteiger partial charge in [-0.1, -0.05) is 26.0 Å². The van der Waals surface area contributed by atoms with Crippen LogP contribution in [0.1, 0.15) is 51.5 Å². The highest BCUT2D eigenvalue weighted by Gasteiger charge is 2.28. The molecule has 7 heteroatoms. The van der Waals surface area contributed by atoms with E-state index in [1.807, 2.05) is 26.0 Å². The summed E-state index contributed by atoms with van der Waals surface area (Å²) in [6.07, 6.45) is 3.93. The lowest BCUT2D eigenvalue weighted by Crippen LogP contribution is -2.48. The Morgan fingerprint density at radius 1 is 1.03 bits per heavy atom. The van der Waals surface area contributed by atoms with Crippen molar-refractivity contribution >= 4 is 11.7 Å². The summed E-state index contributed by atoms with van der Waals surface area (Å²) in [7, 11) is 1.70. The first-order valence-corrected chi connectivity index (χ1v) is 12.5. The van der Waals surface area contributed by atoms with Crippen LogP contribution in [-0.2, 0) is 20.9 Å². The van der Waals surface area contributed by atoms with E-state index in [4.69, 9.17) is 9.47 Å². The Kier molecular flexibility index (Phi) is 10.2. The number of rotatable bonds is 12. The maximum atomic E-state index is 12.0. The monoisotopic (exact) mass is 459 g/mol. The number of nitrogens with zero attached hydrogens (tertiary/aromatic N) is 2. The molecule has 3 rings (SSSR count). The van der Waals surface area contributed by atoms with Crippen LogP contribution in [0.15, 0.2) is 24.3 Å². The first kappa shape index (κ1) is 25.7. The van der Waals surface area contributed by atoms with Crippen LogP contribution in [0.4, 0.5) is 0 Å². The van der Waals surface area contributed by atoms with E-state index in [0.717, 1.165) is 57.9 Å². The zero-order valence-electron chi connectivity index (χ0n) is 20.6. The number of ketones is 1. The lowest BCUT2D eigenvalue weighted by Gasteiger charge is -2.35. The summed E-state index contributed by atoms with van der Waals surface area (Å²) >= 11 is 0. The van der Waals surface area contributed by atoms with Crippen LogP contribution in [0.2, 0.25) is 0 Å². The first-order chi connectivity index (χ1) is 15.9. The summed E-state index contributed by atoms with van der Waals surface area (Å²) in [6, 6.07) is 8.33. The Labute approximate surface area is 198 Å². The third-order valence-electron chi connectivity index (χ3n) is 6.69. The molecule has 2 unspecified atom stereocenters. The van der Waals surface area contributed by atoms with Gasteiger partial charge in [-0.15, -0.1) is 0 Å². The summed E-state index contributed by atoms with van der Waals surface area (Å²) < 4.78 is 11.4. The molecule has 2 aliphatic heterocycles. The standard InChI is InChI=1S/C26H41N3O4/c1-20(2)25(30)5-4-6-26(31)27-17-23-11-12-24(33-23)19-29-15-13-28(14-16-29)18-21-7-9-22(32-3)10-8-21/h7-10,20,23-24H,4-6,11-19H2,1-3H3,(H,27,31). The van der Waals surface area contributed by atoms with Crippen molar-refractivity contribution in [2.45, 2.75) is 64.7 Å². The summed E-state index contributed by atoms with van der Waals surface area (Å²) in [5.41, 5.74) is 1.32. The van der Waals surface area contributed by atoms with E-state index in [-0.39, 0.29) is 29.8 Å². The van der Waals surface area contributed by atoms with Gasteiger partial charge in [-0.05, 0) is 37.0 Å². The largest absolute Gasteiger partial charge is 0.497 e. The van der Waals surface area contributed by atoms with Crippen LogP contribution in [0, 0.1) is 5.92 Å². The van der Waals surface area contributed by atoms with Gasteiger partial charge in [0, 0.05) is 64.6 Å². The van der Waals surface area contributed by atoms with Crippen molar-refractivity contribution in [3.05, 3.63) is 29.8 Å². The van der Waals surface area contributed by atoms with Crippen LogP contribution < -0.4 is 10.1 Å². The van der Waals surface area contributed by atoms with Crippen molar-refractivity contribution < 1.29 is 19.1 Å². The molecule has 0 spiro atoms. The number of carbonyl (C=O) groups is 2. The van der Waals surface area contributed by atoms with Crippen LogP contribution in [0.25, 0.3) is 0 Å². The molecular formula is C26H41N3O4. The molecule has 1 aromatic carbocycles. The molecule has 33 heavy (non-hydrogen) atoms. The summed E-state index contributed by atoms with van der Waals surface area (Å²) in [5.74, 6) is 1.20. The molecule has 7 nitrogen and oxygen atoms in total. The van der Waals surface area contributed by atoms with Crippen molar-refractivity contribution in [2.24, 2.45) is 5.92 Å². The highest BCUT2D eigenvalue weighted by molar-refractivity contribution is 5.81. The number of hydrogen-bond acceptors (Lipinski definition) is 6. The number of carbonyl (C=O) groups excluding carboxylic acids is 2. The second-order valence-electron chi connectivity index (χ2n) is 9.66. The number of methoxy groups -OCH3 is 1. The van der Waals surface area contributed by atoms with Gasteiger partial charge < -0.3 is 14.8 Å². The van der Waals surface area contributed by atoms with Crippen molar-refractivity contribution in [3.63, 3.8) is 0 Å². The highest BCUT2D eigenvalue weighted by atomic mass is 16.5. The third kappa shape index (κ3) is 8.72. The second kappa shape index (κ2) is 13.1. The Balaban J connectivity index is 1.27. The molecule has 1 aromatic rings. The van der Waals surface area contributed by atoms with Gasteiger partial charge >= 0.3 is 0 Å². The normalized spacial score (nSPS) is 21.9. The molecule has 2 saturated heterocycles. The van der Waals surface area contributed by atoms with E-state index in [1.54, 1.807) is 7.11 Å². The first-order valence-electron chi connectivity index (χ1n) is 12.5. The number of ether oxygens (including phenoxy) is 2. The Morgan fingerprint density at radius 2 is 1.70 bits per heavy atom. The molecule has 2 heterocycles. The van der Waals surface area contributed by atoms with Gasteiger partial charge in [0.2, 0.25) is 5.91 Å². The molecule has 0 bridgehead atoms. The number of hydrogen-bond donors (Lipinski definition) is 1. The van der Waals surface area contributed by atoms with Crippen molar-refractivity contribution in [1.29, 1.82) is 0 Å². The lowest BCUT2D eigenvalue weighted by atomic mass is 10.0. The summed E-state index contributed by atoms with van der Waals surface area (Å²) in [6.45, 7) is 10.6. The maximum absolute atomic E-state index is 12.0. The zero-order chi connectivity index (χ0) is 23.6. The third-order valence-corrected chi connectivity index (χ3v) is 6.69. The molecule has 1 N–H and O–H groups in total. The fraction of sp³-hybridized carbons (Fsp3) is 0.692. The van der Waals surface area contributed by atoms with Crippen LogP contribution in [0.5, 0.6) is 5.75 Å². The SMILES string of the molecule is COc1ccc(CN2CCN(CC3CCC(CNC(=O)CCCC(=O)C(C)C)O3)CC2)cc1. The molecule has 0 aliphatic carbocycles. The van der Waals surface area contributed by atoms with Crippen LogP contribution in [-0.4, -0.2) is 80.1 Å². The topological polar surface area (TPSA) is 71.1 Å². The van der Waals surface area contributed by atoms with E-state index in [1.165, 1.54) is 5.56 Å². The van der Waals surface area contributed by atoms with E-state index < -0.39 is 0 Å². The van der Waals surface area contributed by atoms with Gasteiger partial charge in [0.05, 0.1) is 19.3 Å². The van der Waals surface area contributed by atoms with Crippen molar-refractivity contribution in [3.8, 4) is 5.75 Å². The van der Waals surface area contributed by atoms with Crippen molar-refractivity contribution in [2.75, 3.05) is 46.4 Å². The molecule has 2 aliphatic rings. The Morgan fingerprint density at radius 3 is 2.36 bits per heavy atom. The second-order valence-corrected chi connectivity index (χ2v) is 9.66. The Bertz CT molecular complexity index is 744. The molecule has 2 atom stereocenters. The van der Waals surface area contributed by atoms with Gasteiger partial charge in [-0.25, -0.2) is 0 Å². The van der Waals surface area contributed by atoms with Crippen LogP contribution >= 0.6 is 0 Å². The summed E-state index contributed by atoms with van der Waals surface area (Å²) in [4.78, 5) is 28.7. The van der Waals surface area contributed by atoms with Gasteiger partial charge in [0.25, 0.3) is 0 Å². The smallest absolute Gasteiger partial charge is 0.220 e. The maximum Gasteiger partial charge on any atom is 0.220 e. The molecule has 184 valence electrons. The number of nitrogens with one attached hydrogen (secondary N) is 1. The van der Waals surface area contributed by atoms with Crippen molar-refractivity contribution in [1.82, 2.24) is 15.1 Å². The lowest BCUT2D eigenvalue weighted by molar-refractivity contribution is -0.123. The fourth-order valence-electron chi connectivity index (χ4n) is 4.50. The average Bonchev–Trinajstić information content (AvgIpc) is 3.26. The molecule has 0 aromatic heterocycles. The zero-order valence-corrected chi connectivity index (χ0v) is 20.6. The molecule has 0 radical (unpaired) electrons. The molecule has 1 amide bonds. The minimum Gasteiger partial charge on any atom is -0.497 e. The quantitative estimate of drug-likeness (QED) is 0.518. The van der Waals surface area contributed by atoms with Gasteiger partial charge in [-0.2, -0.15) is 0 Å². The van der Waals surface area contributed by atoms with E-state index in [9.17, 15) is 9.59 Å². The number of amides is 1. The van der Waals surface area contributed by atoms with E-state index in [2.05, 4.69) is 27.2 Å². The number of benzene rings is 1. The predicted molar refractivity (Wildman–Crippen MR) is 129 cm³/mol. The predicted octanol–water partition coefficient (Wildman–Crippen LogP) is 2.87. The van der Waals surface area contributed by atoms with E-state index >= 15 is 0 Å². The summed E-state index contributed by atoms with van der Waals surface area (Å²) in [5, 5.41) is 2.98. The van der Waals surface area contributed by atoms with E-state index in [0.29, 0.717) is 25.8 Å². The molecule has 0 saturated carbocycles. The van der Waals surface area contributed by atoms with Gasteiger partial charge in [0.15, 0.2) is 0 Å². The van der Waals surface area contributed by atoms with Crippen LogP contribution in [0.3, 0.4) is 0 Å².